The third-order valence-corrected chi connectivity index (χ3v) is 5.34. The number of hydrogen-bond donors (Lipinski definition) is 0. The van der Waals surface area contributed by atoms with Gasteiger partial charge in [-0.15, -0.1) is 0 Å². The van der Waals surface area contributed by atoms with E-state index in [0.29, 0.717) is 12.2 Å². The minimum absolute atomic E-state index is 0.0672. The maximum absolute atomic E-state index is 13.7. The summed E-state index contributed by atoms with van der Waals surface area (Å²) < 4.78 is 47.1. The molecule has 146 valence electrons. The Bertz CT molecular complexity index is 1080. The van der Waals surface area contributed by atoms with Crippen molar-refractivity contribution in [2.24, 2.45) is 5.10 Å². The first-order valence-electron chi connectivity index (χ1n) is 9.35. The average molecular weight is 394 g/mol. The van der Waals surface area contributed by atoms with E-state index < -0.39 is 18.0 Å². The lowest BCUT2D eigenvalue weighted by Crippen LogP contribution is -2.35. The van der Waals surface area contributed by atoms with Gasteiger partial charge < -0.3 is 4.74 Å². The summed E-state index contributed by atoms with van der Waals surface area (Å²) in [6.45, 7) is 0. The highest BCUT2D eigenvalue weighted by Gasteiger charge is 2.44. The second-order valence-electron chi connectivity index (χ2n) is 7.11. The van der Waals surface area contributed by atoms with Crippen LogP contribution in [0, 0.1) is 0 Å². The molecule has 29 heavy (non-hydrogen) atoms. The highest BCUT2D eigenvalue weighted by molar-refractivity contribution is 6.01. The van der Waals surface area contributed by atoms with Crippen molar-refractivity contribution in [3.05, 3.63) is 101 Å². The Morgan fingerprint density at radius 3 is 2.24 bits per heavy atom. The monoisotopic (exact) mass is 394 g/mol. The van der Waals surface area contributed by atoms with E-state index in [-0.39, 0.29) is 11.6 Å². The molecule has 6 heteroatoms. The molecule has 3 aromatic carbocycles. The van der Waals surface area contributed by atoms with Gasteiger partial charge in [-0.2, -0.15) is 18.3 Å². The SMILES string of the molecule is FC(F)(F)c1ccccc1C1Oc2ccccc2C2CC(c3ccccc3)=NN21. The van der Waals surface area contributed by atoms with Gasteiger partial charge in [0.25, 0.3) is 0 Å². The Balaban J connectivity index is 1.64. The lowest BCUT2D eigenvalue weighted by molar-refractivity contribution is -0.140. The Morgan fingerprint density at radius 1 is 0.828 bits per heavy atom. The Morgan fingerprint density at radius 2 is 1.48 bits per heavy atom. The van der Waals surface area contributed by atoms with Crippen molar-refractivity contribution >= 4 is 5.71 Å². The number of para-hydroxylation sites is 1. The minimum atomic E-state index is -4.47. The molecule has 2 aliphatic heterocycles. The Kier molecular flexibility index (Phi) is 4.08. The summed E-state index contributed by atoms with van der Waals surface area (Å²) in [6, 6.07) is 22.6. The first kappa shape index (κ1) is 17.8. The van der Waals surface area contributed by atoms with Crippen molar-refractivity contribution in [2.45, 2.75) is 24.9 Å². The zero-order valence-electron chi connectivity index (χ0n) is 15.3. The van der Waals surface area contributed by atoms with E-state index in [0.717, 1.165) is 22.9 Å². The van der Waals surface area contributed by atoms with Crippen LogP contribution in [0.3, 0.4) is 0 Å². The standard InChI is InChI=1S/C23H17F3N2O/c24-23(25,26)18-12-6-4-10-16(18)22-28-20(17-11-5-7-13-21(17)29-22)14-19(27-28)15-8-2-1-3-9-15/h1-13,20,22H,14H2. The van der Waals surface area contributed by atoms with Crippen molar-refractivity contribution in [2.75, 3.05) is 0 Å². The lowest BCUT2D eigenvalue weighted by Gasteiger charge is -2.38. The van der Waals surface area contributed by atoms with Gasteiger partial charge in [0.1, 0.15) is 5.75 Å². The molecule has 0 N–H and O–H groups in total. The molecule has 2 heterocycles. The van der Waals surface area contributed by atoms with E-state index >= 15 is 0 Å². The molecule has 3 aromatic rings. The third-order valence-electron chi connectivity index (χ3n) is 5.34. The highest BCUT2D eigenvalue weighted by Crippen LogP contribution is 2.49. The fourth-order valence-electron chi connectivity index (χ4n) is 4.01. The topological polar surface area (TPSA) is 24.8 Å². The molecule has 0 saturated carbocycles. The van der Waals surface area contributed by atoms with Gasteiger partial charge in [0, 0.05) is 17.5 Å². The van der Waals surface area contributed by atoms with Crippen LogP contribution in [0.15, 0.2) is 84.0 Å². The smallest absolute Gasteiger partial charge is 0.416 e. The van der Waals surface area contributed by atoms with Gasteiger partial charge in [-0.25, -0.2) is 5.01 Å². The van der Waals surface area contributed by atoms with Gasteiger partial charge >= 0.3 is 6.18 Å². The number of alkyl halides is 3. The van der Waals surface area contributed by atoms with Crippen molar-refractivity contribution in [3.8, 4) is 5.75 Å². The summed E-state index contributed by atoms with van der Waals surface area (Å²) in [4.78, 5) is 0. The zero-order chi connectivity index (χ0) is 20.0. The summed E-state index contributed by atoms with van der Waals surface area (Å²) in [5, 5.41) is 6.39. The van der Waals surface area contributed by atoms with E-state index in [9.17, 15) is 13.2 Å². The van der Waals surface area contributed by atoms with E-state index in [1.807, 2.05) is 48.5 Å². The third kappa shape index (κ3) is 3.05. The summed E-state index contributed by atoms with van der Waals surface area (Å²) in [5.74, 6) is 0.597. The van der Waals surface area contributed by atoms with Crippen LogP contribution in [0.1, 0.15) is 40.9 Å². The molecule has 2 unspecified atom stereocenters. The summed E-state index contributed by atoms with van der Waals surface area (Å²) in [5.41, 5.74) is 2.10. The molecule has 0 bridgehead atoms. The quantitative estimate of drug-likeness (QED) is 0.537. The number of fused-ring (bicyclic) bond motifs is 3. The predicted octanol–water partition coefficient (Wildman–Crippen LogP) is 5.95. The summed E-state index contributed by atoms with van der Waals surface area (Å²) in [6.07, 6.45) is -4.82. The number of benzene rings is 3. The van der Waals surface area contributed by atoms with Crippen LogP contribution in [0.25, 0.3) is 0 Å². The first-order chi connectivity index (χ1) is 14.0. The summed E-state index contributed by atoms with van der Waals surface area (Å²) >= 11 is 0. The number of rotatable bonds is 2. The second kappa shape index (κ2) is 6.65. The molecule has 2 aliphatic rings. The largest absolute Gasteiger partial charge is 0.464 e. The molecule has 5 rings (SSSR count). The van der Waals surface area contributed by atoms with Crippen LogP contribution in [0.5, 0.6) is 5.75 Å². The molecule has 2 atom stereocenters. The fraction of sp³-hybridized carbons (Fsp3) is 0.174. The van der Waals surface area contributed by atoms with Crippen molar-refractivity contribution < 1.29 is 17.9 Å². The Hall–Kier alpha value is -3.28. The van der Waals surface area contributed by atoms with Crippen molar-refractivity contribution in [3.63, 3.8) is 0 Å². The van der Waals surface area contributed by atoms with Gasteiger partial charge in [-0.3, -0.25) is 0 Å². The average Bonchev–Trinajstić information content (AvgIpc) is 3.19. The maximum atomic E-state index is 13.7. The lowest BCUT2D eigenvalue weighted by atomic mass is 9.95. The van der Waals surface area contributed by atoms with E-state index in [1.165, 1.54) is 12.1 Å². The van der Waals surface area contributed by atoms with Crippen LogP contribution < -0.4 is 4.74 Å². The molecule has 0 aliphatic carbocycles. The molecular weight excluding hydrogens is 377 g/mol. The number of halogens is 3. The van der Waals surface area contributed by atoms with Gasteiger partial charge in [0.05, 0.1) is 17.3 Å². The molecule has 3 nitrogen and oxygen atoms in total. The minimum Gasteiger partial charge on any atom is -0.464 e. The van der Waals surface area contributed by atoms with E-state index in [4.69, 9.17) is 9.84 Å². The zero-order valence-corrected chi connectivity index (χ0v) is 15.3. The molecule has 0 aromatic heterocycles. The van der Waals surface area contributed by atoms with Crippen molar-refractivity contribution in [1.29, 1.82) is 0 Å². The second-order valence-corrected chi connectivity index (χ2v) is 7.11. The van der Waals surface area contributed by atoms with E-state index in [1.54, 1.807) is 17.1 Å². The number of hydrazone groups is 1. The number of hydrogen-bond acceptors (Lipinski definition) is 3. The number of ether oxygens (including phenoxy) is 1. The molecule has 0 radical (unpaired) electrons. The molecule has 0 saturated heterocycles. The van der Waals surface area contributed by atoms with Crippen LogP contribution in [-0.2, 0) is 6.18 Å². The predicted molar refractivity (Wildman–Crippen MR) is 103 cm³/mol. The molecular formula is C23H17F3N2O. The first-order valence-corrected chi connectivity index (χ1v) is 9.35. The molecule has 0 fully saturated rings. The van der Waals surface area contributed by atoms with Gasteiger partial charge in [0.2, 0.25) is 6.23 Å². The van der Waals surface area contributed by atoms with Gasteiger partial charge in [-0.05, 0) is 17.7 Å². The Labute approximate surface area is 166 Å². The summed E-state index contributed by atoms with van der Waals surface area (Å²) in [7, 11) is 0. The van der Waals surface area contributed by atoms with Gasteiger partial charge in [0.15, 0.2) is 0 Å². The van der Waals surface area contributed by atoms with Crippen LogP contribution >= 0.6 is 0 Å². The van der Waals surface area contributed by atoms with Crippen LogP contribution in [0.4, 0.5) is 13.2 Å². The van der Waals surface area contributed by atoms with Crippen LogP contribution in [0.2, 0.25) is 0 Å². The maximum Gasteiger partial charge on any atom is 0.416 e. The highest BCUT2D eigenvalue weighted by atomic mass is 19.4. The van der Waals surface area contributed by atoms with Crippen LogP contribution in [-0.4, -0.2) is 10.7 Å². The van der Waals surface area contributed by atoms with Crippen molar-refractivity contribution in [1.82, 2.24) is 5.01 Å². The molecule has 0 spiro atoms. The fourth-order valence-corrected chi connectivity index (χ4v) is 4.01. The number of nitrogens with zero attached hydrogens (tertiary/aromatic N) is 2. The van der Waals surface area contributed by atoms with E-state index in [2.05, 4.69) is 0 Å². The molecule has 0 amide bonds. The normalized spacial score (nSPS) is 20.5. The van der Waals surface area contributed by atoms with Gasteiger partial charge in [-0.1, -0.05) is 66.7 Å².